The largest absolute Gasteiger partial charge is 0.495 e. The van der Waals surface area contributed by atoms with Gasteiger partial charge in [-0.1, -0.05) is 17.7 Å². The van der Waals surface area contributed by atoms with Crippen molar-refractivity contribution < 1.29 is 14.3 Å². The van der Waals surface area contributed by atoms with Gasteiger partial charge in [0.15, 0.2) is 0 Å². The van der Waals surface area contributed by atoms with Gasteiger partial charge in [0.05, 0.1) is 31.2 Å². The van der Waals surface area contributed by atoms with Crippen molar-refractivity contribution in [1.82, 2.24) is 0 Å². The number of halogens is 1. The summed E-state index contributed by atoms with van der Waals surface area (Å²) in [4.78, 5) is 12.3. The fourth-order valence-electron chi connectivity index (χ4n) is 1.89. The van der Waals surface area contributed by atoms with E-state index in [0.717, 1.165) is 0 Å². The molecule has 110 valence electrons. The zero-order valence-corrected chi connectivity index (χ0v) is 12.4. The van der Waals surface area contributed by atoms with Crippen molar-refractivity contribution in [2.75, 3.05) is 25.3 Å². The quantitative estimate of drug-likeness (QED) is 0.851. The molecule has 0 aliphatic heterocycles. The summed E-state index contributed by atoms with van der Waals surface area (Å²) < 4.78 is 10.3. The van der Waals surface area contributed by atoms with Crippen LogP contribution < -0.4 is 20.5 Å². The van der Waals surface area contributed by atoms with Crippen LogP contribution in [0.5, 0.6) is 11.5 Å². The van der Waals surface area contributed by atoms with Gasteiger partial charge < -0.3 is 20.5 Å². The highest BCUT2D eigenvalue weighted by molar-refractivity contribution is 6.31. The topological polar surface area (TPSA) is 73.6 Å². The Morgan fingerprint density at radius 1 is 1.14 bits per heavy atom. The fourth-order valence-corrected chi connectivity index (χ4v) is 2.06. The van der Waals surface area contributed by atoms with Gasteiger partial charge in [-0.25, -0.2) is 0 Å². The van der Waals surface area contributed by atoms with Crippen LogP contribution in [0.4, 0.5) is 11.4 Å². The number of hydrogen-bond acceptors (Lipinski definition) is 4. The van der Waals surface area contributed by atoms with Gasteiger partial charge in [-0.2, -0.15) is 0 Å². The average Bonchev–Trinajstić information content (AvgIpc) is 2.47. The Hall–Kier alpha value is -2.40. The fraction of sp³-hybridized carbons (Fsp3) is 0.133. The van der Waals surface area contributed by atoms with E-state index in [0.29, 0.717) is 27.8 Å². The van der Waals surface area contributed by atoms with Crippen LogP contribution in [0, 0.1) is 0 Å². The van der Waals surface area contributed by atoms with E-state index in [1.165, 1.54) is 14.2 Å². The molecule has 0 bridgehead atoms. The molecular formula is C15H15ClN2O3. The normalized spacial score (nSPS) is 10.0. The van der Waals surface area contributed by atoms with Crippen LogP contribution >= 0.6 is 11.6 Å². The second-order valence-electron chi connectivity index (χ2n) is 4.22. The highest BCUT2D eigenvalue weighted by atomic mass is 35.5. The number of carbonyl (C=O) groups is 1. The highest BCUT2D eigenvalue weighted by Crippen LogP contribution is 2.30. The van der Waals surface area contributed by atoms with Gasteiger partial charge in [0, 0.05) is 5.02 Å². The van der Waals surface area contributed by atoms with Crippen molar-refractivity contribution in [3.8, 4) is 11.5 Å². The number of nitrogens with two attached hydrogens (primary N) is 1. The first-order valence-electron chi connectivity index (χ1n) is 6.14. The van der Waals surface area contributed by atoms with E-state index in [1.54, 1.807) is 36.4 Å². The van der Waals surface area contributed by atoms with Crippen LogP contribution in [0.3, 0.4) is 0 Å². The molecular weight excluding hydrogens is 292 g/mol. The number of methoxy groups -OCH3 is 2. The molecule has 2 rings (SSSR count). The van der Waals surface area contributed by atoms with Crippen LogP contribution in [0.25, 0.3) is 0 Å². The number of nitrogens with one attached hydrogen (secondary N) is 1. The van der Waals surface area contributed by atoms with Gasteiger partial charge in [-0.15, -0.1) is 0 Å². The van der Waals surface area contributed by atoms with E-state index in [9.17, 15) is 4.79 Å². The molecule has 21 heavy (non-hydrogen) atoms. The summed E-state index contributed by atoms with van der Waals surface area (Å²) in [7, 11) is 3.01. The number of anilines is 2. The maximum Gasteiger partial charge on any atom is 0.257 e. The molecule has 0 aromatic heterocycles. The van der Waals surface area contributed by atoms with E-state index in [4.69, 9.17) is 26.8 Å². The zero-order chi connectivity index (χ0) is 15.4. The van der Waals surface area contributed by atoms with Crippen molar-refractivity contribution in [2.45, 2.75) is 0 Å². The number of amides is 1. The van der Waals surface area contributed by atoms with Crippen LogP contribution in [0.15, 0.2) is 36.4 Å². The second kappa shape index (κ2) is 6.37. The van der Waals surface area contributed by atoms with Crippen molar-refractivity contribution in [2.24, 2.45) is 0 Å². The first-order valence-corrected chi connectivity index (χ1v) is 6.52. The lowest BCUT2D eigenvalue weighted by Crippen LogP contribution is -2.15. The van der Waals surface area contributed by atoms with Gasteiger partial charge >= 0.3 is 0 Å². The Morgan fingerprint density at radius 2 is 1.86 bits per heavy atom. The monoisotopic (exact) mass is 306 g/mol. The number of para-hydroxylation sites is 1. The maximum atomic E-state index is 12.3. The van der Waals surface area contributed by atoms with E-state index < -0.39 is 0 Å². The van der Waals surface area contributed by atoms with Crippen LogP contribution in [-0.2, 0) is 0 Å². The van der Waals surface area contributed by atoms with Gasteiger partial charge in [-0.3, -0.25) is 4.79 Å². The van der Waals surface area contributed by atoms with E-state index in [1.807, 2.05) is 0 Å². The second-order valence-corrected chi connectivity index (χ2v) is 4.66. The molecule has 3 N–H and O–H groups in total. The molecule has 0 saturated heterocycles. The molecule has 0 fully saturated rings. The Kier molecular flexibility index (Phi) is 4.55. The highest BCUT2D eigenvalue weighted by Gasteiger charge is 2.15. The zero-order valence-electron chi connectivity index (χ0n) is 11.6. The SMILES string of the molecule is COc1ccc(Cl)cc1NC(=O)c1cccc(OC)c1N. The summed E-state index contributed by atoms with van der Waals surface area (Å²) in [5.41, 5.74) is 6.97. The van der Waals surface area contributed by atoms with Gasteiger partial charge in [-0.05, 0) is 30.3 Å². The Bertz CT molecular complexity index is 674. The third-order valence-electron chi connectivity index (χ3n) is 2.94. The third kappa shape index (κ3) is 3.20. The molecule has 0 spiro atoms. The number of nitrogen functional groups attached to an aromatic ring is 1. The lowest BCUT2D eigenvalue weighted by molar-refractivity contribution is 0.102. The first kappa shape index (κ1) is 15.0. The molecule has 0 heterocycles. The molecule has 2 aromatic rings. The summed E-state index contributed by atoms with van der Waals surface area (Å²) in [6.07, 6.45) is 0. The van der Waals surface area contributed by atoms with Gasteiger partial charge in [0.2, 0.25) is 0 Å². The molecule has 1 amide bonds. The van der Waals surface area contributed by atoms with E-state index in [2.05, 4.69) is 5.32 Å². The molecule has 5 nitrogen and oxygen atoms in total. The molecule has 0 radical (unpaired) electrons. The molecule has 0 aliphatic rings. The Labute approximate surface area is 127 Å². The number of carbonyl (C=O) groups excluding carboxylic acids is 1. The van der Waals surface area contributed by atoms with Crippen molar-refractivity contribution >= 4 is 28.9 Å². The van der Waals surface area contributed by atoms with Crippen molar-refractivity contribution in [1.29, 1.82) is 0 Å². The summed E-state index contributed by atoms with van der Waals surface area (Å²) in [6, 6.07) is 9.95. The lowest BCUT2D eigenvalue weighted by atomic mass is 10.1. The predicted molar refractivity (Wildman–Crippen MR) is 83.4 cm³/mol. The van der Waals surface area contributed by atoms with Crippen LogP contribution in [0.1, 0.15) is 10.4 Å². The van der Waals surface area contributed by atoms with E-state index >= 15 is 0 Å². The van der Waals surface area contributed by atoms with Crippen molar-refractivity contribution in [3.63, 3.8) is 0 Å². The third-order valence-corrected chi connectivity index (χ3v) is 3.18. The standard InChI is InChI=1S/C15H15ClN2O3/c1-20-12-7-6-9(16)8-11(12)18-15(19)10-4-3-5-13(21-2)14(10)17/h3-8H,17H2,1-2H3,(H,18,19). The minimum Gasteiger partial charge on any atom is -0.495 e. The van der Waals surface area contributed by atoms with Crippen LogP contribution in [0.2, 0.25) is 5.02 Å². The Morgan fingerprint density at radius 3 is 2.52 bits per heavy atom. The Balaban J connectivity index is 2.32. The number of benzene rings is 2. The van der Waals surface area contributed by atoms with Crippen LogP contribution in [-0.4, -0.2) is 20.1 Å². The van der Waals surface area contributed by atoms with E-state index in [-0.39, 0.29) is 11.6 Å². The molecule has 0 aliphatic carbocycles. The summed E-state index contributed by atoms with van der Waals surface area (Å²) >= 11 is 5.93. The maximum absolute atomic E-state index is 12.3. The molecule has 2 aromatic carbocycles. The minimum atomic E-state index is -0.369. The smallest absolute Gasteiger partial charge is 0.257 e. The van der Waals surface area contributed by atoms with Gasteiger partial charge in [0.25, 0.3) is 5.91 Å². The van der Waals surface area contributed by atoms with Gasteiger partial charge in [0.1, 0.15) is 11.5 Å². The first-order chi connectivity index (χ1) is 10.1. The lowest BCUT2D eigenvalue weighted by Gasteiger charge is -2.13. The predicted octanol–water partition coefficient (Wildman–Crippen LogP) is 3.19. The molecule has 0 atom stereocenters. The number of hydrogen-bond donors (Lipinski definition) is 2. The molecule has 0 saturated carbocycles. The summed E-state index contributed by atoms with van der Waals surface area (Å²) in [6.45, 7) is 0. The molecule has 0 unspecified atom stereocenters. The number of rotatable bonds is 4. The number of ether oxygens (including phenoxy) is 2. The molecule has 6 heteroatoms. The van der Waals surface area contributed by atoms with Crippen molar-refractivity contribution in [3.05, 3.63) is 47.0 Å². The average molecular weight is 307 g/mol. The summed E-state index contributed by atoms with van der Waals surface area (Å²) in [5.74, 6) is 0.585. The summed E-state index contributed by atoms with van der Waals surface area (Å²) in [5, 5.41) is 3.22. The minimum absolute atomic E-state index is 0.276.